The highest BCUT2D eigenvalue weighted by Gasteiger charge is 2.34. The Morgan fingerprint density at radius 3 is 1.67 bits per heavy atom. The number of aryl methyl sites for hydroxylation is 6. The number of aromatic nitrogens is 2. The van der Waals surface area contributed by atoms with Crippen molar-refractivity contribution >= 4 is 17.7 Å². The third-order valence-corrected chi connectivity index (χ3v) is 10.2. The first-order valence-electron chi connectivity index (χ1n) is 18.5. The fourth-order valence-electron chi connectivity index (χ4n) is 6.42. The Labute approximate surface area is 309 Å². The first-order chi connectivity index (χ1) is 24.7. The molecule has 0 saturated carbocycles. The number of hydrogen-bond donors (Lipinski definition) is 3. The monoisotopic (exact) mass is 710 g/mol. The molecule has 0 aliphatic carbocycles. The molecule has 0 radical (unpaired) electrons. The van der Waals surface area contributed by atoms with Gasteiger partial charge < -0.3 is 30.0 Å². The number of alkyl carbamates (subject to hydrolysis) is 1. The lowest BCUT2D eigenvalue weighted by Crippen LogP contribution is -2.40. The molecule has 280 valence electrons. The van der Waals surface area contributed by atoms with E-state index in [2.05, 4.69) is 67.7 Å². The number of carbonyl (C=O) groups excluding carboxylic acids is 3. The number of rotatable bonds is 17. The number of hydrogen-bond acceptors (Lipinski definition) is 6. The molecule has 0 spiro atoms. The molecule has 2 aromatic carbocycles. The molecule has 4 N–H and O–H groups in total. The van der Waals surface area contributed by atoms with Crippen LogP contribution in [0.15, 0.2) is 72.8 Å². The van der Waals surface area contributed by atoms with E-state index in [0.717, 1.165) is 67.7 Å². The average Bonchev–Trinajstić information content (AvgIpc) is 3.79. The Kier molecular flexibility index (Phi) is 14.2. The smallest absolute Gasteiger partial charge is 0.407 e. The third-order valence-electron chi connectivity index (χ3n) is 10.2. The van der Waals surface area contributed by atoms with Gasteiger partial charge in [0.15, 0.2) is 11.6 Å². The zero-order chi connectivity index (χ0) is 37.9. The van der Waals surface area contributed by atoms with Crippen LogP contribution in [0.25, 0.3) is 0 Å². The number of cyclic esters (lactones) is 1. The predicted octanol–water partition coefficient (Wildman–Crippen LogP) is 7.15. The highest BCUT2D eigenvalue weighted by Crippen LogP contribution is 2.22. The molecule has 9 nitrogen and oxygen atoms in total. The molecule has 1 saturated heterocycles. The van der Waals surface area contributed by atoms with E-state index in [0.29, 0.717) is 25.9 Å². The van der Waals surface area contributed by atoms with Gasteiger partial charge in [-0.3, -0.25) is 9.59 Å². The fourth-order valence-corrected chi connectivity index (χ4v) is 6.42. The minimum absolute atomic E-state index is 0.0395. The molecule has 1 aliphatic rings. The van der Waals surface area contributed by atoms with Gasteiger partial charge >= 0.3 is 6.09 Å². The number of aliphatic hydroxyl groups excluding tert-OH is 1. The quantitative estimate of drug-likeness (QED) is 0.0999. The van der Waals surface area contributed by atoms with Gasteiger partial charge in [0.1, 0.15) is 6.61 Å². The van der Waals surface area contributed by atoms with Gasteiger partial charge in [-0.1, -0.05) is 59.7 Å². The van der Waals surface area contributed by atoms with Crippen molar-refractivity contribution in [3.05, 3.63) is 118 Å². The van der Waals surface area contributed by atoms with E-state index in [1.807, 2.05) is 61.3 Å². The topological polar surface area (TPSA) is 129 Å². The normalized spacial score (nSPS) is 16.4. The zero-order valence-corrected chi connectivity index (χ0v) is 32.0. The molecular formula is C43H58N4O5. The van der Waals surface area contributed by atoms with E-state index in [4.69, 9.17) is 10.5 Å². The average molecular weight is 711 g/mol. The van der Waals surface area contributed by atoms with Crippen LogP contribution in [0.5, 0.6) is 0 Å². The Morgan fingerprint density at radius 2 is 1.25 bits per heavy atom. The summed E-state index contributed by atoms with van der Waals surface area (Å²) in [5.41, 5.74) is 13.8. The van der Waals surface area contributed by atoms with Crippen molar-refractivity contribution in [2.75, 3.05) is 13.2 Å². The highest BCUT2D eigenvalue weighted by molar-refractivity contribution is 5.95. The number of nitrogens with zero attached hydrogens (tertiary/aromatic N) is 2. The number of ether oxygens (including phenoxy) is 1. The van der Waals surface area contributed by atoms with E-state index in [-0.39, 0.29) is 29.8 Å². The molecule has 52 heavy (non-hydrogen) atoms. The van der Waals surface area contributed by atoms with Crippen molar-refractivity contribution in [1.82, 2.24) is 14.5 Å². The van der Waals surface area contributed by atoms with E-state index in [1.54, 1.807) is 0 Å². The van der Waals surface area contributed by atoms with Crippen molar-refractivity contribution in [3.63, 3.8) is 0 Å². The van der Waals surface area contributed by atoms with Crippen LogP contribution in [0.3, 0.4) is 0 Å². The highest BCUT2D eigenvalue weighted by atomic mass is 16.6. The molecule has 5 rings (SSSR count). The predicted molar refractivity (Wildman–Crippen MR) is 207 cm³/mol. The molecule has 2 atom stereocenters. The lowest BCUT2D eigenvalue weighted by molar-refractivity contribution is 0.0964. The fraction of sp³-hybridized carbons (Fsp3) is 0.465. The van der Waals surface area contributed by atoms with Gasteiger partial charge in [-0.05, 0) is 114 Å². The van der Waals surface area contributed by atoms with Gasteiger partial charge in [-0.15, -0.1) is 0 Å². The number of nitrogens with one attached hydrogen (secondary N) is 1. The second kappa shape index (κ2) is 18.3. The van der Waals surface area contributed by atoms with E-state index in [1.165, 1.54) is 22.3 Å². The van der Waals surface area contributed by atoms with Gasteiger partial charge in [0.2, 0.25) is 0 Å². The molecule has 1 fully saturated rings. The van der Waals surface area contributed by atoms with Crippen LogP contribution in [0, 0.1) is 13.8 Å². The zero-order valence-electron chi connectivity index (χ0n) is 32.0. The second-order valence-electron chi connectivity index (χ2n) is 15.1. The summed E-state index contributed by atoms with van der Waals surface area (Å²) in [4.78, 5) is 36.4. The maximum Gasteiger partial charge on any atom is 0.407 e. The molecule has 2 aromatic heterocycles. The number of Topliss-reactive ketones (excluding diaryl/α,β-unsaturated/α-hetero) is 2. The number of nitrogens with two attached hydrogens (primary N) is 1. The molecule has 4 aromatic rings. The first-order valence-corrected chi connectivity index (χ1v) is 18.5. The standard InChI is InChI=1S/C22H28N2O3.C21H30N2O2/c1-16-7-9-17(10-8-16)5-4-6-20(25)19-12-11-18(24(19)3)13-14-22(2)15-27-21(26)23-22;1-16-7-9-17(10-8-16)5-4-6-20(25)19-12-11-18(23(19)3)13-14-21(2,22)15-24/h7-12H,4-6,13-15H2,1-3H3,(H,23,26);7-12,24H,4-6,13-15,22H2,1-3H3/t22-;21-/m11/s1. The Hall–Kier alpha value is -4.47. The second-order valence-corrected chi connectivity index (χ2v) is 15.1. The van der Waals surface area contributed by atoms with Crippen LogP contribution >= 0.6 is 0 Å². The van der Waals surface area contributed by atoms with Gasteiger partial charge in [0.25, 0.3) is 0 Å². The lowest BCUT2D eigenvalue weighted by Gasteiger charge is -2.21. The summed E-state index contributed by atoms with van der Waals surface area (Å²) in [6.45, 7) is 8.33. The number of amides is 1. The maximum atomic E-state index is 12.6. The summed E-state index contributed by atoms with van der Waals surface area (Å²) in [6, 6.07) is 24.8. The molecule has 3 heterocycles. The summed E-state index contributed by atoms with van der Waals surface area (Å²) in [5.74, 6) is 0.359. The molecule has 1 aliphatic heterocycles. The van der Waals surface area contributed by atoms with Crippen molar-refractivity contribution in [2.45, 2.75) is 103 Å². The molecule has 0 unspecified atom stereocenters. The van der Waals surface area contributed by atoms with Crippen LogP contribution < -0.4 is 11.1 Å². The summed E-state index contributed by atoms with van der Waals surface area (Å²) in [6.07, 6.45) is 7.29. The van der Waals surface area contributed by atoms with E-state index in [9.17, 15) is 19.5 Å². The number of carbonyl (C=O) groups is 3. The lowest BCUT2D eigenvalue weighted by atomic mass is 9.97. The molecule has 1 amide bonds. The molecule has 9 heteroatoms. The van der Waals surface area contributed by atoms with Gasteiger partial charge in [-0.2, -0.15) is 0 Å². The van der Waals surface area contributed by atoms with Crippen molar-refractivity contribution in [1.29, 1.82) is 0 Å². The summed E-state index contributed by atoms with van der Waals surface area (Å²) in [7, 11) is 3.87. The minimum Gasteiger partial charge on any atom is -0.447 e. The summed E-state index contributed by atoms with van der Waals surface area (Å²) < 4.78 is 8.95. The van der Waals surface area contributed by atoms with Gasteiger partial charge in [0, 0.05) is 43.9 Å². The minimum atomic E-state index is -0.581. The number of aliphatic hydroxyl groups is 1. The summed E-state index contributed by atoms with van der Waals surface area (Å²) in [5, 5.41) is 12.1. The van der Waals surface area contributed by atoms with E-state index >= 15 is 0 Å². The van der Waals surface area contributed by atoms with Crippen molar-refractivity contribution in [2.24, 2.45) is 19.8 Å². The SMILES string of the molecule is Cc1ccc(CCCC(=O)c2ccc(CC[C@@](C)(N)CO)n2C)cc1.Cc1ccc(CCCC(=O)c2ccc(CC[C@]3(C)COC(=O)N3)n2C)cc1. The van der Waals surface area contributed by atoms with Gasteiger partial charge in [-0.25, -0.2) is 4.79 Å². The molecular weight excluding hydrogens is 652 g/mol. The molecule has 0 bridgehead atoms. The Morgan fingerprint density at radius 1 is 0.788 bits per heavy atom. The largest absolute Gasteiger partial charge is 0.447 e. The third kappa shape index (κ3) is 11.8. The van der Waals surface area contributed by atoms with Crippen LogP contribution in [-0.2, 0) is 44.5 Å². The van der Waals surface area contributed by atoms with Gasteiger partial charge in [0.05, 0.1) is 23.5 Å². The first kappa shape index (κ1) is 40.3. The maximum absolute atomic E-state index is 12.6. The van der Waals surface area contributed by atoms with Crippen LogP contribution in [0.1, 0.15) is 107 Å². The summed E-state index contributed by atoms with van der Waals surface area (Å²) >= 11 is 0. The number of ketones is 2. The number of benzene rings is 2. The Balaban J connectivity index is 0.000000234. The van der Waals surface area contributed by atoms with Crippen molar-refractivity contribution in [3.8, 4) is 0 Å². The Bertz CT molecular complexity index is 1780. The van der Waals surface area contributed by atoms with Crippen LogP contribution in [0.2, 0.25) is 0 Å². The van der Waals surface area contributed by atoms with Crippen molar-refractivity contribution < 1.29 is 24.2 Å². The van der Waals surface area contributed by atoms with E-state index < -0.39 is 5.54 Å². The van der Waals surface area contributed by atoms with Crippen LogP contribution in [-0.4, -0.2) is 56.2 Å². The van der Waals surface area contributed by atoms with Crippen LogP contribution in [0.4, 0.5) is 4.79 Å².